The second kappa shape index (κ2) is 15.9. The second-order valence-corrected chi connectivity index (χ2v) is 11.8. The van der Waals surface area contributed by atoms with Crippen LogP contribution < -0.4 is 19.9 Å². The average Bonchev–Trinajstić information content (AvgIpc) is 3.44. The minimum atomic E-state index is 0.0727. The fraction of sp³-hybridized carbons (Fsp3) is 0.429. The third kappa shape index (κ3) is 9.27. The highest BCUT2D eigenvalue weighted by Crippen LogP contribution is 2.31. The van der Waals surface area contributed by atoms with Gasteiger partial charge in [-0.3, -0.25) is 0 Å². The Balaban J connectivity index is 1.37. The van der Waals surface area contributed by atoms with E-state index in [0.29, 0.717) is 77.4 Å². The molecule has 1 aliphatic heterocycles. The van der Waals surface area contributed by atoms with E-state index in [2.05, 4.69) is 55.3 Å². The predicted octanol–water partition coefficient (Wildman–Crippen LogP) is 5.15. The maximum Gasteiger partial charge on any atom is 0.161 e. The van der Waals surface area contributed by atoms with Gasteiger partial charge in [-0.2, -0.15) is 0 Å². The fourth-order valence-electron chi connectivity index (χ4n) is 4.89. The quantitative estimate of drug-likeness (QED) is 0.301. The van der Waals surface area contributed by atoms with Crippen molar-refractivity contribution in [3.05, 3.63) is 89.1 Å². The first kappa shape index (κ1) is 32.4. The molecule has 0 atom stereocenters. The van der Waals surface area contributed by atoms with Crippen molar-refractivity contribution in [3.8, 4) is 28.5 Å². The molecule has 0 amide bonds. The molecule has 0 aliphatic carbocycles. The van der Waals surface area contributed by atoms with E-state index in [9.17, 15) is 0 Å². The first-order valence-corrected chi connectivity index (χ1v) is 15.5. The summed E-state index contributed by atoms with van der Waals surface area (Å²) in [6.07, 6.45) is 0. The largest absolute Gasteiger partial charge is 0.487 e. The Bertz CT molecular complexity index is 1480. The van der Waals surface area contributed by atoms with Crippen LogP contribution >= 0.6 is 0 Å². The van der Waals surface area contributed by atoms with Crippen LogP contribution in [0.4, 0.5) is 0 Å². The molecule has 4 aromatic rings. The number of aromatic nitrogens is 3. The Morgan fingerprint density at radius 2 is 1.33 bits per heavy atom. The van der Waals surface area contributed by atoms with E-state index in [-0.39, 0.29) is 12.0 Å². The lowest BCUT2D eigenvalue weighted by Gasteiger charge is -2.19. The Labute approximate surface area is 265 Å². The molecule has 0 bridgehead atoms. The summed E-state index contributed by atoms with van der Waals surface area (Å²) < 4.78 is 36.9. The van der Waals surface area contributed by atoms with E-state index in [1.165, 1.54) is 5.56 Å². The van der Waals surface area contributed by atoms with Crippen molar-refractivity contribution in [2.75, 3.05) is 52.9 Å². The van der Waals surface area contributed by atoms with Gasteiger partial charge in [0.25, 0.3) is 0 Å². The number of fused-ring (bicyclic) bond motifs is 1. The molecular weight excluding hydrogens is 572 g/mol. The lowest BCUT2D eigenvalue weighted by Crippen LogP contribution is -2.13. The summed E-state index contributed by atoms with van der Waals surface area (Å²) in [6.45, 7) is 11.6. The number of hydrogen-bond acceptors (Lipinski definition) is 9. The molecule has 1 aromatic heterocycles. The normalized spacial score (nSPS) is 15.2. The first-order valence-electron chi connectivity index (χ1n) is 15.5. The topological polar surface area (TPSA) is 112 Å². The molecule has 0 saturated carbocycles. The van der Waals surface area contributed by atoms with Gasteiger partial charge in [0, 0.05) is 12.1 Å². The van der Waals surface area contributed by atoms with Gasteiger partial charge in [-0.1, -0.05) is 68.4 Å². The van der Waals surface area contributed by atoms with E-state index in [1.807, 2.05) is 47.1 Å². The lowest BCUT2D eigenvalue weighted by atomic mass is 9.87. The molecule has 0 radical (unpaired) electrons. The van der Waals surface area contributed by atoms with E-state index in [0.717, 1.165) is 33.8 Å². The van der Waals surface area contributed by atoms with Crippen LogP contribution in [0.2, 0.25) is 0 Å². The second-order valence-electron chi connectivity index (χ2n) is 11.8. The Hall–Kier alpha value is -3.96. The van der Waals surface area contributed by atoms with Gasteiger partial charge in [-0.25, -0.2) is 4.68 Å². The highest BCUT2D eigenvalue weighted by molar-refractivity contribution is 5.62. The number of hydrogen-bond donors (Lipinski definition) is 1. The molecule has 2 N–H and O–H groups in total. The third-order valence-electron chi connectivity index (χ3n) is 7.42. The number of rotatable bonds is 7. The lowest BCUT2D eigenvalue weighted by molar-refractivity contribution is 0.00708. The van der Waals surface area contributed by atoms with E-state index in [4.69, 9.17) is 34.2 Å². The van der Waals surface area contributed by atoms with Crippen LogP contribution in [0, 0.1) is 0 Å². The molecule has 240 valence electrons. The van der Waals surface area contributed by atoms with Crippen molar-refractivity contribution in [3.63, 3.8) is 0 Å². The molecule has 10 heteroatoms. The molecule has 0 saturated heterocycles. The minimum Gasteiger partial charge on any atom is -0.487 e. The van der Waals surface area contributed by atoms with Crippen LogP contribution in [-0.4, -0.2) is 67.8 Å². The Morgan fingerprint density at radius 3 is 1.96 bits per heavy atom. The van der Waals surface area contributed by atoms with Crippen molar-refractivity contribution >= 4 is 0 Å². The number of benzene rings is 3. The maximum atomic E-state index is 6.19. The average molecular weight is 617 g/mol. The SMILES string of the molecule is CC(C)(C)c1ccc(OCc2nnn(Cc3ccc4c(c3)OCCOCCOCCOCCO4)c2-c2ccc(CN)cc2)cc1. The van der Waals surface area contributed by atoms with Crippen LogP contribution in [0.15, 0.2) is 66.7 Å². The molecule has 3 aromatic carbocycles. The number of nitrogens with zero attached hydrogens (tertiary/aromatic N) is 3. The zero-order valence-corrected chi connectivity index (χ0v) is 26.5. The summed E-state index contributed by atoms with van der Waals surface area (Å²) in [7, 11) is 0. The van der Waals surface area contributed by atoms with Gasteiger partial charge < -0.3 is 34.2 Å². The smallest absolute Gasteiger partial charge is 0.161 e. The van der Waals surface area contributed by atoms with Crippen LogP contribution in [0.3, 0.4) is 0 Å². The van der Waals surface area contributed by atoms with Gasteiger partial charge in [-0.05, 0) is 46.4 Å². The molecule has 0 fully saturated rings. The van der Waals surface area contributed by atoms with Gasteiger partial charge >= 0.3 is 0 Å². The molecule has 45 heavy (non-hydrogen) atoms. The Morgan fingerprint density at radius 1 is 0.733 bits per heavy atom. The van der Waals surface area contributed by atoms with Gasteiger partial charge in [0.15, 0.2) is 11.5 Å². The molecule has 2 heterocycles. The maximum absolute atomic E-state index is 6.19. The van der Waals surface area contributed by atoms with Crippen molar-refractivity contribution in [1.29, 1.82) is 0 Å². The summed E-state index contributed by atoms with van der Waals surface area (Å²) >= 11 is 0. The molecular formula is C35H44N4O6. The van der Waals surface area contributed by atoms with Crippen LogP contribution in [0.1, 0.15) is 43.2 Å². The third-order valence-corrected chi connectivity index (χ3v) is 7.42. The predicted molar refractivity (Wildman–Crippen MR) is 172 cm³/mol. The van der Waals surface area contributed by atoms with Crippen LogP contribution in [-0.2, 0) is 39.3 Å². The van der Waals surface area contributed by atoms with Gasteiger partial charge in [0.1, 0.15) is 31.3 Å². The van der Waals surface area contributed by atoms with Gasteiger partial charge in [0.05, 0.1) is 51.9 Å². The van der Waals surface area contributed by atoms with Crippen molar-refractivity contribution in [1.82, 2.24) is 15.0 Å². The Kier molecular flexibility index (Phi) is 11.4. The van der Waals surface area contributed by atoms with E-state index >= 15 is 0 Å². The zero-order valence-electron chi connectivity index (χ0n) is 26.5. The summed E-state index contributed by atoms with van der Waals surface area (Å²) in [4.78, 5) is 0. The number of ether oxygens (including phenoxy) is 6. The molecule has 0 unspecified atom stereocenters. The summed E-state index contributed by atoms with van der Waals surface area (Å²) in [5.74, 6) is 2.07. The molecule has 0 spiro atoms. The highest BCUT2D eigenvalue weighted by atomic mass is 16.6. The van der Waals surface area contributed by atoms with Gasteiger partial charge in [0.2, 0.25) is 0 Å². The zero-order chi connectivity index (χ0) is 31.5. The van der Waals surface area contributed by atoms with E-state index in [1.54, 1.807) is 0 Å². The van der Waals surface area contributed by atoms with Gasteiger partial charge in [-0.15, -0.1) is 5.10 Å². The summed E-state index contributed by atoms with van der Waals surface area (Å²) in [6, 6.07) is 22.3. The van der Waals surface area contributed by atoms with Crippen molar-refractivity contribution in [2.24, 2.45) is 5.73 Å². The molecule has 10 nitrogen and oxygen atoms in total. The van der Waals surface area contributed by atoms with Crippen LogP contribution in [0.5, 0.6) is 17.2 Å². The van der Waals surface area contributed by atoms with Crippen molar-refractivity contribution < 1.29 is 28.4 Å². The van der Waals surface area contributed by atoms with Crippen LogP contribution in [0.25, 0.3) is 11.3 Å². The highest BCUT2D eigenvalue weighted by Gasteiger charge is 2.18. The van der Waals surface area contributed by atoms with Crippen molar-refractivity contribution in [2.45, 2.75) is 45.9 Å². The number of nitrogens with two attached hydrogens (primary N) is 1. The first-order chi connectivity index (χ1) is 21.9. The molecule has 5 rings (SSSR count). The summed E-state index contributed by atoms with van der Waals surface area (Å²) in [5.41, 5.74) is 11.8. The summed E-state index contributed by atoms with van der Waals surface area (Å²) in [5, 5.41) is 9.11. The molecule has 1 aliphatic rings. The monoisotopic (exact) mass is 616 g/mol. The standard InChI is InChI=1S/C35H44N4O6/c1-35(2,3)29-9-11-30(12-10-29)45-25-31-34(28-7-4-26(23-36)5-8-28)39(38-37-31)24-27-6-13-32-33(22-27)44-21-19-42-17-15-40-14-16-41-18-20-43-32/h4-13,22H,14-21,23-25,36H2,1-3H3. The van der Waals surface area contributed by atoms with E-state index < -0.39 is 0 Å². The fourth-order valence-corrected chi connectivity index (χ4v) is 4.89. The minimum absolute atomic E-state index is 0.0727.